The zero-order valence-corrected chi connectivity index (χ0v) is 22.1. The number of nitrogens with one attached hydrogen (secondary N) is 2. The number of carbonyl (C=O) groups excluding carboxylic acids is 1. The smallest absolute Gasteiger partial charge is 0.351 e. The molecule has 1 aromatic heterocycles. The Balaban J connectivity index is 1.79. The summed E-state index contributed by atoms with van der Waals surface area (Å²) in [6, 6.07) is 8.57. The number of esters is 1. The van der Waals surface area contributed by atoms with Crippen LogP contribution in [0.2, 0.25) is 0 Å². The van der Waals surface area contributed by atoms with Gasteiger partial charge in [-0.15, -0.1) is 11.3 Å². The largest absolute Gasteiger partial charge is 0.462 e. The number of anilines is 2. The molecule has 1 saturated heterocycles. The Hall–Kier alpha value is -3.14. The average Bonchev–Trinajstić information content (AvgIpc) is 3.17. The van der Waals surface area contributed by atoms with Crippen LogP contribution in [0.5, 0.6) is 0 Å². The summed E-state index contributed by atoms with van der Waals surface area (Å²) in [7, 11) is -3.51. The van der Waals surface area contributed by atoms with Crippen LogP contribution < -0.4 is 24.8 Å². The Bertz CT molecular complexity index is 1400. The molecule has 0 saturated carbocycles. The van der Waals surface area contributed by atoms with Crippen LogP contribution in [-0.2, 0) is 26.1 Å². The summed E-state index contributed by atoms with van der Waals surface area (Å²) in [5.41, 5.74) is 0.406. The van der Waals surface area contributed by atoms with Crippen LogP contribution in [0.1, 0.15) is 33.1 Å². The number of piperidine rings is 1. The van der Waals surface area contributed by atoms with Crippen LogP contribution in [0.15, 0.2) is 29.1 Å². The van der Waals surface area contributed by atoms with Gasteiger partial charge in [0.2, 0.25) is 10.0 Å². The molecule has 0 aliphatic carbocycles. The van der Waals surface area contributed by atoms with Crippen LogP contribution in [0.25, 0.3) is 11.8 Å². The third-order valence-electron chi connectivity index (χ3n) is 5.66. The summed E-state index contributed by atoms with van der Waals surface area (Å²) in [6.45, 7) is 6.14. The third kappa shape index (κ3) is 7.19. The van der Waals surface area contributed by atoms with Gasteiger partial charge in [-0.2, -0.15) is 5.26 Å². The van der Waals surface area contributed by atoms with Gasteiger partial charge in [0.15, 0.2) is 5.57 Å². The number of hydrogen-bond acceptors (Lipinski definition) is 9. The SMILES string of the molecule is CCOC(=O)/C(C#N)=c1/s/c(=C/Nc2cccc(NS(=O)(=O)CCN3CCCCC3)c2)c(=O)n1CC. The molecule has 2 heterocycles. The maximum atomic E-state index is 12.8. The molecule has 12 heteroatoms. The standard InChI is InChI=1S/C24H31N5O5S2/c1-3-29-22(30)21(35-23(29)20(16-25)24(31)34-4-2)17-26-18-9-8-10-19(15-18)27-36(32,33)14-13-28-11-6-5-7-12-28/h8-10,15,17,26-27H,3-7,11-14H2,1-2H3/b21-17+,23-20+. The normalized spacial score (nSPS) is 15.8. The first-order chi connectivity index (χ1) is 17.3. The molecule has 0 unspecified atom stereocenters. The molecule has 1 aliphatic rings. The van der Waals surface area contributed by atoms with Crippen molar-refractivity contribution in [1.29, 1.82) is 5.26 Å². The average molecular weight is 534 g/mol. The topological polar surface area (TPSA) is 134 Å². The van der Waals surface area contributed by atoms with Crippen LogP contribution in [0.4, 0.5) is 11.4 Å². The van der Waals surface area contributed by atoms with E-state index >= 15 is 0 Å². The van der Waals surface area contributed by atoms with Gasteiger partial charge in [-0.3, -0.25) is 14.1 Å². The number of ether oxygens (including phenoxy) is 1. The van der Waals surface area contributed by atoms with Crippen LogP contribution >= 0.6 is 11.3 Å². The van der Waals surface area contributed by atoms with E-state index in [4.69, 9.17) is 4.74 Å². The molecule has 36 heavy (non-hydrogen) atoms. The molecule has 1 aliphatic heterocycles. The number of hydrogen-bond donors (Lipinski definition) is 2. The molecular formula is C24H31N5O5S2. The maximum Gasteiger partial charge on any atom is 0.351 e. The molecule has 0 bridgehead atoms. The number of rotatable bonds is 10. The summed E-state index contributed by atoms with van der Waals surface area (Å²) in [5.74, 6) is -0.757. The highest BCUT2D eigenvalue weighted by Crippen LogP contribution is 2.17. The van der Waals surface area contributed by atoms with Gasteiger partial charge in [-0.1, -0.05) is 12.5 Å². The molecule has 2 aromatic rings. The van der Waals surface area contributed by atoms with Gasteiger partial charge in [0, 0.05) is 25.0 Å². The minimum absolute atomic E-state index is 0.0174. The number of nitrogens with zero attached hydrogens (tertiary/aromatic N) is 3. The summed E-state index contributed by atoms with van der Waals surface area (Å²) < 4.78 is 34.6. The molecule has 0 radical (unpaired) electrons. The van der Waals surface area contributed by atoms with Gasteiger partial charge in [-0.25, -0.2) is 13.2 Å². The van der Waals surface area contributed by atoms with Crippen LogP contribution in [0, 0.1) is 11.3 Å². The zero-order valence-electron chi connectivity index (χ0n) is 20.5. The van der Waals surface area contributed by atoms with E-state index in [0.29, 0.717) is 17.9 Å². The Morgan fingerprint density at radius 2 is 1.94 bits per heavy atom. The zero-order chi connectivity index (χ0) is 26.1. The van der Waals surface area contributed by atoms with Crippen molar-refractivity contribution < 1.29 is 17.9 Å². The molecule has 10 nitrogen and oxygen atoms in total. The quantitative estimate of drug-likeness (QED) is 0.436. The molecule has 0 atom stereocenters. The highest BCUT2D eigenvalue weighted by Gasteiger charge is 2.17. The Morgan fingerprint density at radius 3 is 2.61 bits per heavy atom. The Labute approximate surface area is 214 Å². The number of thiazole rings is 1. The lowest BCUT2D eigenvalue weighted by Crippen LogP contribution is -2.35. The van der Waals surface area contributed by atoms with E-state index in [1.54, 1.807) is 38.1 Å². The fourth-order valence-corrected chi connectivity index (χ4v) is 6.02. The van der Waals surface area contributed by atoms with Crippen molar-refractivity contribution in [2.45, 2.75) is 39.7 Å². The van der Waals surface area contributed by atoms with E-state index in [9.17, 15) is 23.3 Å². The van der Waals surface area contributed by atoms with E-state index in [1.807, 2.05) is 6.07 Å². The summed E-state index contributed by atoms with van der Waals surface area (Å²) in [5, 5.41) is 12.5. The first-order valence-corrected chi connectivity index (χ1v) is 14.4. The second-order valence-corrected chi connectivity index (χ2v) is 11.1. The fourth-order valence-electron chi connectivity index (χ4n) is 3.86. The Morgan fingerprint density at radius 1 is 1.22 bits per heavy atom. The lowest BCUT2D eigenvalue weighted by atomic mass is 10.1. The van der Waals surface area contributed by atoms with Crippen molar-refractivity contribution >= 4 is 50.5 Å². The van der Waals surface area contributed by atoms with Gasteiger partial charge in [0.05, 0.1) is 18.0 Å². The molecule has 2 N–H and O–H groups in total. The second-order valence-electron chi connectivity index (χ2n) is 8.22. The number of nitriles is 1. The summed E-state index contributed by atoms with van der Waals surface area (Å²) in [4.78, 5) is 27.2. The lowest BCUT2D eigenvalue weighted by molar-refractivity contribution is -0.136. The Kier molecular flexibility index (Phi) is 9.69. The highest BCUT2D eigenvalue weighted by atomic mass is 32.2. The van der Waals surface area contributed by atoms with Crippen molar-refractivity contribution in [3.63, 3.8) is 0 Å². The van der Waals surface area contributed by atoms with Gasteiger partial charge < -0.3 is 15.0 Å². The van der Waals surface area contributed by atoms with Gasteiger partial charge in [-0.05, 0) is 58.0 Å². The predicted molar refractivity (Wildman–Crippen MR) is 141 cm³/mol. The maximum absolute atomic E-state index is 12.8. The number of sulfonamides is 1. The van der Waals surface area contributed by atoms with E-state index < -0.39 is 16.0 Å². The van der Waals surface area contributed by atoms with Crippen molar-refractivity contribution in [1.82, 2.24) is 9.47 Å². The first kappa shape index (κ1) is 27.4. The molecule has 0 amide bonds. The molecule has 3 rings (SSSR count). The van der Waals surface area contributed by atoms with Crippen LogP contribution in [0.3, 0.4) is 0 Å². The highest BCUT2D eigenvalue weighted by molar-refractivity contribution is 7.92. The predicted octanol–water partition coefficient (Wildman–Crippen LogP) is 1.24. The van der Waals surface area contributed by atoms with Crippen molar-refractivity contribution in [2.24, 2.45) is 0 Å². The minimum Gasteiger partial charge on any atom is -0.462 e. The van der Waals surface area contributed by atoms with E-state index in [1.165, 1.54) is 17.2 Å². The third-order valence-corrected chi connectivity index (χ3v) is 8.06. The molecule has 194 valence electrons. The first-order valence-electron chi connectivity index (χ1n) is 11.9. The minimum atomic E-state index is -3.51. The van der Waals surface area contributed by atoms with Crippen molar-refractivity contribution in [3.05, 3.63) is 43.8 Å². The fraction of sp³-hybridized carbons (Fsp3) is 0.458. The molecule has 0 spiro atoms. The monoisotopic (exact) mass is 533 g/mol. The van der Waals surface area contributed by atoms with Crippen molar-refractivity contribution in [3.8, 4) is 6.07 Å². The van der Waals surface area contributed by atoms with Gasteiger partial charge in [0.25, 0.3) is 5.56 Å². The second kappa shape index (κ2) is 12.7. The molecule has 1 aromatic carbocycles. The summed E-state index contributed by atoms with van der Waals surface area (Å²) >= 11 is 1.01. The van der Waals surface area contributed by atoms with Gasteiger partial charge >= 0.3 is 5.97 Å². The number of benzene rings is 1. The number of carbonyl (C=O) groups is 1. The van der Waals surface area contributed by atoms with Gasteiger partial charge in [0.1, 0.15) is 15.3 Å². The molecule has 1 fully saturated rings. The molecular weight excluding hydrogens is 502 g/mol. The van der Waals surface area contributed by atoms with E-state index in [-0.39, 0.29) is 39.2 Å². The van der Waals surface area contributed by atoms with Crippen molar-refractivity contribution in [2.75, 3.05) is 42.0 Å². The summed E-state index contributed by atoms with van der Waals surface area (Å²) in [6.07, 6.45) is 4.88. The number of aromatic nitrogens is 1. The lowest BCUT2D eigenvalue weighted by Gasteiger charge is -2.26. The number of likely N-dealkylation sites (tertiary alicyclic amines) is 1. The van der Waals surface area contributed by atoms with E-state index in [2.05, 4.69) is 14.9 Å². The van der Waals surface area contributed by atoms with Crippen LogP contribution in [-0.4, -0.2) is 55.8 Å². The van der Waals surface area contributed by atoms with E-state index in [0.717, 1.165) is 37.3 Å².